The molecular weight excluding hydrogens is 396 g/mol. The number of methoxy groups -OCH3 is 1. The number of benzene rings is 1. The molecule has 1 N–H and O–H groups in total. The Hall–Kier alpha value is -2.46. The predicted octanol–water partition coefficient (Wildman–Crippen LogP) is 2.77. The Kier molecular flexibility index (Phi) is 5.55. The first-order valence-corrected chi connectivity index (χ1v) is 11.2. The molecule has 0 unspecified atom stereocenters. The fraction of sp³-hybridized carbons (Fsp3) is 0.526. The number of amides is 1. The summed E-state index contributed by atoms with van der Waals surface area (Å²) in [4.78, 5) is 15.9. The van der Waals surface area contributed by atoms with E-state index in [-0.39, 0.29) is 10.8 Å². The topological polar surface area (TPSA) is 115 Å². The molecule has 2 aliphatic rings. The third-order valence-electron chi connectivity index (χ3n) is 5.30. The Morgan fingerprint density at radius 2 is 2.03 bits per heavy atom. The molecule has 4 rings (SSSR count). The molecule has 0 bridgehead atoms. The lowest BCUT2D eigenvalue weighted by Gasteiger charge is -2.31. The van der Waals surface area contributed by atoms with Crippen molar-refractivity contribution < 1.29 is 22.5 Å². The van der Waals surface area contributed by atoms with Gasteiger partial charge < -0.3 is 9.26 Å². The Balaban J connectivity index is 1.41. The van der Waals surface area contributed by atoms with Gasteiger partial charge >= 0.3 is 6.09 Å². The van der Waals surface area contributed by atoms with Crippen LogP contribution in [0.5, 0.6) is 0 Å². The van der Waals surface area contributed by atoms with E-state index in [1.165, 1.54) is 23.5 Å². The summed E-state index contributed by atoms with van der Waals surface area (Å²) in [6, 6.07) is 6.07. The Morgan fingerprint density at radius 3 is 2.72 bits per heavy atom. The summed E-state index contributed by atoms with van der Waals surface area (Å²) < 4.78 is 37.5. The second kappa shape index (κ2) is 8.11. The molecule has 2 fully saturated rings. The molecule has 1 atom stereocenters. The molecule has 2 aromatic rings. The molecule has 1 amide bonds. The van der Waals surface area contributed by atoms with Gasteiger partial charge in [0.05, 0.1) is 12.0 Å². The number of rotatable bonds is 6. The average molecular weight is 420 g/mol. The quantitative estimate of drug-likeness (QED) is 0.764. The van der Waals surface area contributed by atoms with Gasteiger partial charge in [0.15, 0.2) is 5.82 Å². The molecule has 29 heavy (non-hydrogen) atoms. The van der Waals surface area contributed by atoms with Crippen molar-refractivity contribution in [3.05, 3.63) is 36.0 Å². The second-order valence-electron chi connectivity index (χ2n) is 7.54. The molecule has 1 aliphatic carbocycles. The lowest BCUT2D eigenvalue weighted by atomic mass is 9.96. The summed E-state index contributed by atoms with van der Waals surface area (Å²) in [5.41, 5.74) is 0.468. The highest BCUT2D eigenvalue weighted by molar-refractivity contribution is 7.89. The van der Waals surface area contributed by atoms with E-state index in [4.69, 9.17) is 4.52 Å². The van der Waals surface area contributed by atoms with Gasteiger partial charge in [-0.05, 0) is 55.9 Å². The molecule has 0 spiro atoms. The standard InChI is InChI=1S/C19H24N4O5S/c1-27-19(24)20-15-6-8-16(9-7-15)29(25,26)23-10-2-3-13(12-23)11-17-21-18(22-28-17)14-4-5-14/h6-9,13-14H,2-5,10-12H2,1H3,(H,20,24)/t13-/m0/s1. The summed E-state index contributed by atoms with van der Waals surface area (Å²) >= 11 is 0. The Morgan fingerprint density at radius 1 is 1.28 bits per heavy atom. The zero-order valence-electron chi connectivity index (χ0n) is 16.2. The number of carbonyl (C=O) groups excluding carboxylic acids is 1. The van der Waals surface area contributed by atoms with Gasteiger partial charge in [-0.15, -0.1) is 0 Å². The summed E-state index contributed by atoms with van der Waals surface area (Å²) in [6.45, 7) is 0.907. The smallest absolute Gasteiger partial charge is 0.411 e. The number of ether oxygens (including phenoxy) is 1. The fourth-order valence-electron chi connectivity index (χ4n) is 3.55. The second-order valence-corrected chi connectivity index (χ2v) is 9.47. The minimum Gasteiger partial charge on any atom is -0.453 e. The number of nitrogens with one attached hydrogen (secondary N) is 1. The number of piperidine rings is 1. The largest absolute Gasteiger partial charge is 0.453 e. The number of aromatic nitrogens is 2. The Bertz CT molecular complexity index is 969. The molecule has 9 nitrogen and oxygen atoms in total. The lowest BCUT2D eigenvalue weighted by Crippen LogP contribution is -2.40. The third-order valence-corrected chi connectivity index (χ3v) is 7.17. The van der Waals surface area contributed by atoms with Gasteiger partial charge in [0.1, 0.15) is 0 Å². The predicted molar refractivity (Wildman–Crippen MR) is 104 cm³/mol. The highest BCUT2D eigenvalue weighted by atomic mass is 32.2. The van der Waals surface area contributed by atoms with Crippen LogP contribution < -0.4 is 5.32 Å². The molecule has 1 saturated heterocycles. The van der Waals surface area contributed by atoms with Gasteiger partial charge in [-0.3, -0.25) is 5.32 Å². The maximum Gasteiger partial charge on any atom is 0.411 e. The average Bonchev–Trinajstić information content (AvgIpc) is 3.48. The van der Waals surface area contributed by atoms with Crippen molar-refractivity contribution in [2.24, 2.45) is 5.92 Å². The zero-order valence-corrected chi connectivity index (χ0v) is 17.0. The van der Waals surface area contributed by atoms with Crippen molar-refractivity contribution in [3.63, 3.8) is 0 Å². The Labute approximate surface area is 169 Å². The molecule has 2 heterocycles. The number of nitrogens with zero attached hydrogens (tertiary/aromatic N) is 3. The molecule has 1 aromatic heterocycles. The van der Waals surface area contributed by atoms with Crippen molar-refractivity contribution >= 4 is 21.8 Å². The van der Waals surface area contributed by atoms with Crippen LogP contribution in [0.4, 0.5) is 10.5 Å². The van der Waals surface area contributed by atoms with E-state index in [1.54, 1.807) is 12.1 Å². The highest BCUT2D eigenvalue weighted by Crippen LogP contribution is 2.38. The van der Waals surface area contributed by atoms with Crippen molar-refractivity contribution in [2.75, 3.05) is 25.5 Å². The van der Waals surface area contributed by atoms with Gasteiger partial charge in [0, 0.05) is 31.1 Å². The first-order valence-electron chi connectivity index (χ1n) is 9.73. The van der Waals surface area contributed by atoms with Gasteiger partial charge in [-0.2, -0.15) is 9.29 Å². The van der Waals surface area contributed by atoms with Crippen LogP contribution in [0.15, 0.2) is 33.7 Å². The monoisotopic (exact) mass is 420 g/mol. The molecule has 1 aliphatic heterocycles. The maximum absolute atomic E-state index is 13.0. The fourth-order valence-corrected chi connectivity index (χ4v) is 5.10. The van der Waals surface area contributed by atoms with E-state index in [1.807, 2.05) is 0 Å². The van der Waals surface area contributed by atoms with Crippen LogP contribution in [0.25, 0.3) is 0 Å². The van der Waals surface area contributed by atoms with Crippen molar-refractivity contribution in [3.8, 4) is 0 Å². The molecule has 0 radical (unpaired) electrons. The normalized spacial score (nSPS) is 20.4. The van der Waals surface area contributed by atoms with Crippen LogP contribution in [0, 0.1) is 5.92 Å². The van der Waals surface area contributed by atoms with E-state index in [0.717, 1.165) is 31.5 Å². The lowest BCUT2D eigenvalue weighted by molar-refractivity contribution is 0.187. The molecule has 10 heteroatoms. The maximum atomic E-state index is 13.0. The first kappa shape index (κ1) is 19.8. The number of anilines is 1. The van der Waals surface area contributed by atoms with E-state index >= 15 is 0 Å². The van der Waals surface area contributed by atoms with Crippen LogP contribution in [0.1, 0.15) is 43.3 Å². The van der Waals surface area contributed by atoms with Crippen LogP contribution in [-0.4, -0.2) is 49.2 Å². The first-order chi connectivity index (χ1) is 14.0. The zero-order chi connectivity index (χ0) is 20.4. The highest BCUT2D eigenvalue weighted by Gasteiger charge is 2.32. The van der Waals surface area contributed by atoms with E-state index in [2.05, 4.69) is 20.2 Å². The van der Waals surface area contributed by atoms with E-state index in [0.29, 0.717) is 37.0 Å². The SMILES string of the molecule is COC(=O)Nc1ccc(S(=O)(=O)N2CCC[C@@H](Cc3nc(C4CC4)no3)C2)cc1. The number of hydrogen-bond acceptors (Lipinski definition) is 7. The minimum absolute atomic E-state index is 0.145. The van der Waals surface area contributed by atoms with Crippen LogP contribution in [0.3, 0.4) is 0 Å². The van der Waals surface area contributed by atoms with Crippen molar-refractivity contribution in [2.45, 2.75) is 42.9 Å². The van der Waals surface area contributed by atoms with Crippen molar-refractivity contribution in [1.82, 2.24) is 14.4 Å². The van der Waals surface area contributed by atoms with E-state index in [9.17, 15) is 13.2 Å². The number of sulfonamides is 1. The summed E-state index contributed by atoms with van der Waals surface area (Å²) in [5.74, 6) is 1.95. The molecule has 156 valence electrons. The number of hydrogen-bond donors (Lipinski definition) is 1. The minimum atomic E-state index is -3.61. The molecule has 1 saturated carbocycles. The summed E-state index contributed by atoms with van der Waals surface area (Å²) in [6.07, 6.45) is 3.92. The van der Waals surface area contributed by atoms with E-state index < -0.39 is 16.1 Å². The van der Waals surface area contributed by atoms with Gasteiger partial charge in [0.2, 0.25) is 15.9 Å². The van der Waals surface area contributed by atoms with Crippen molar-refractivity contribution in [1.29, 1.82) is 0 Å². The molecular formula is C19H24N4O5S. The molecule has 1 aromatic carbocycles. The van der Waals surface area contributed by atoms with Crippen LogP contribution in [-0.2, 0) is 21.2 Å². The van der Waals surface area contributed by atoms with Crippen LogP contribution >= 0.6 is 0 Å². The number of carbonyl (C=O) groups is 1. The van der Waals surface area contributed by atoms with Crippen LogP contribution in [0.2, 0.25) is 0 Å². The van der Waals surface area contributed by atoms with Gasteiger partial charge in [-0.1, -0.05) is 5.16 Å². The third kappa shape index (κ3) is 4.59. The summed E-state index contributed by atoms with van der Waals surface area (Å²) in [5, 5.41) is 6.54. The summed E-state index contributed by atoms with van der Waals surface area (Å²) in [7, 11) is -2.35. The van der Waals surface area contributed by atoms with Gasteiger partial charge in [-0.25, -0.2) is 13.2 Å². The van der Waals surface area contributed by atoms with Gasteiger partial charge in [0.25, 0.3) is 0 Å².